The number of hydrogen-bond acceptors (Lipinski definition) is 3. The van der Waals surface area contributed by atoms with Gasteiger partial charge in [-0.2, -0.15) is 0 Å². The van der Waals surface area contributed by atoms with E-state index in [0.29, 0.717) is 0 Å². The van der Waals surface area contributed by atoms with Crippen LogP contribution in [0, 0.1) is 0 Å². The summed E-state index contributed by atoms with van der Waals surface area (Å²) in [6, 6.07) is 3.33. The molecule has 0 aromatic carbocycles. The highest BCUT2D eigenvalue weighted by Crippen LogP contribution is 2.08. The number of unbranched alkanes of at least 4 members (excludes halogenated alkanes) is 2. The number of nitrogens with zero attached hydrogens (tertiary/aromatic N) is 1. The van der Waals surface area contributed by atoms with Crippen molar-refractivity contribution in [3.63, 3.8) is 0 Å². The van der Waals surface area contributed by atoms with Crippen LogP contribution in [0.25, 0.3) is 0 Å². The van der Waals surface area contributed by atoms with Crippen LogP contribution in [-0.2, 0) is 0 Å². The standard InChI is InChI=1S/C11H16N2O2/c1-2-3-4-6-12-9-5-7-13-10(8-9)11(14)15/h5,7-8H,2-4,6H2,1H3,(H,12,13)(H,14,15). The fourth-order valence-electron chi connectivity index (χ4n) is 1.27. The fourth-order valence-corrected chi connectivity index (χ4v) is 1.27. The lowest BCUT2D eigenvalue weighted by atomic mass is 10.2. The van der Waals surface area contributed by atoms with E-state index in [1.807, 2.05) is 0 Å². The van der Waals surface area contributed by atoms with Gasteiger partial charge in [-0.05, 0) is 18.6 Å². The van der Waals surface area contributed by atoms with Gasteiger partial charge in [0.15, 0.2) is 0 Å². The van der Waals surface area contributed by atoms with Crippen molar-refractivity contribution < 1.29 is 9.90 Å². The molecule has 15 heavy (non-hydrogen) atoms. The second-order valence-electron chi connectivity index (χ2n) is 3.37. The molecule has 4 heteroatoms. The van der Waals surface area contributed by atoms with Gasteiger partial charge >= 0.3 is 5.97 Å². The maximum Gasteiger partial charge on any atom is 0.354 e. The van der Waals surface area contributed by atoms with E-state index in [9.17, 15) is 4.79 Å². The maximum absolute atomic E-state index is 10.6. The fraction of sp³-hybridized carbons (Fsp3) is 0.455. The zero-order chi connectivity index (χ0) is 11.1. The van der Waals surface area contributed by atoms with Crippen LogP contribution < -0.4 is 5.32 Å². The van der Waals surface area contributed by atoms with Gasteiger partial charge in [0.2, 0.25) is 0 Å². The molecule has 0 unspecified atom stereocenters. The number of aromatic carboxylic acids is 1. The summed E-state index contributed by atoms with van der Waals surface area (Å²) in [4.78, 5) is 14.4. The molecule has 0 aliphatic rings. The number of aromatic nitrogens is 1. The van der Waals surface area contributed by atoms with Gasteiger partial charge < -0.3 is 10.4 Å². The minimum Gasteiger partial charge on any atom is -0.477 e. The molecule has 0 atom stereocenters. The van der Waals surface area contributed by atoms with Gasteiger partial charge in [0.1, 0.15) is 5.69 Å². The zero-order valence-corrected chi connectivity index (χ0v) is 8.86. The molecule has 0 saturated heterocycles. The molecular weight excluding hydrogens is 192 g/mol. The van der Waals surface area contributed by atoms with Gasteiger partial charge in [0.25, 0.3) is 0 Å². The molecule has 1 aromatic heterocycles. The van der Waals surface area contributed by atoms with E-state index >= 15 is 0 Å². The molecule has 0 fully saturated rings. The highest BCUT2D eigenvalue weighted by atomic mass is 16.4. The Morgan fingerprint density at radius 2 is 2.33 bits per heavy atom. The average Bonchev–Trinajstić information content (AvgIpc) is 2.25. The van der Waals surface area contributed by atoms with E-state index < -0.39 is 5.97 Å². The van der Waals surface area contributed by atoms with Crippen molar-refractivity contribution in [2.75, 3.05) is 11.9 Å². The summed E-state index contributed by atoms with van der Waals surface area (Å²) in [7, 11) is 0. The zero-order valence-electron chi connectivity index (χ0n) is 8.86. The molecule has 82 valence electrons. The van der Waals surface area contributed by atoms with Crippen LogP contribution in [-0.4, -0.2) is 22.6 Å². The highest BCUT2D eigenvalue weighted by Gasteiger charge is 2.03. The summed E-state index contributed by atoms with van der Waals surface area (Å²) >= 11 is 0. The Labute approximate surface area is 89.3 Å². The monoisotopic (exact) mass is 208 g/mol. The van der Waals surface area contributed by atoms with Crippen LogP contribution in [0.3, 0.4) is 0 Å². The Morgan fingerprint density at radius 3 is 3.00 bits per heavy atom. The second kappa shape index (κ2) is 6.01. The van der Waals surface area contributed by atoms with Gasteiger partial charge in [0.05, 0.1) is 0 Å². The Morgan fingerprint density at radius 1 is 1.53 bits per heavy atom. The number of carboxylic acids is 1. The molecular formula is C11H16N2O2. The summed E-state index contributed by atoms with van der Waals surface area (Å²) in [5, 5.41) is 11.9. The van der Waals surface area contributed by atoms with Gasteiger partial charge in [-0.15, -0.1) is 0 Å². The lowest BCUT2D eigenvalue weighted by molar-refractivity contribution is 0.0690. The molecule has 1 rings (SSSR count). The van der Waals surface area contributed by atoms with Crippen LogP contribution in [0.2, 0.25) is 0 Å². The van der Waals surface area contributed by atoms with Gasteiger partial charge in [0, 0.05) is 18.4 Å². The summed E-state index contributed by atoms with van der Waals surface area (Å²) in [6.07, 6.45) is 4.97. The van der Waals surface area contributed by atoms with Crippen molar-refractivity contribution in [3.05, 3.63) is 24.0 Å². The molecule has 0 aliphatic heterocycles. The molecule has 0 saturated carbocycles. The number of anilines is 1. The number of rotatable bonds is 6. The summed E-state index contributed by atoms with van der Waals surface area (Å²) < 4.78 is 0. The van der Waals surface area contributed by atoms with E-state index in [-0.39, 0.29) is 5.69 Å². The minimum atomic E-state index is -0.993. The van der Waals surface area contributed by atoms with E-state index in [1.165, 1.54) is 19.0 Å². The van der Waals surface area contributed by atoms with E-state index in [4.69, 9.17) is 5.11 Å². The third-order valence-corrected chi connectivity index (χ3v) is 2.09. The Balaban J connectivity index is 2.47. The minimum absolute atomic E-state index is 0.0792. The maximum atomic E-state index is 10.6. The van der Waals surface area contributed by atoms with E-state index in [1.54, 1.807) is 12.1 Å². The van der Waals surface area contributed by atoms with E-state index in [0.717, 1.165) is 18.7 Å². The predicted octanol–water partition coefficient (Wildman–Crippen LogP) is 2.38. The smallest absolute Gasteiger partial charge is 0.354 e. The molecule has 1 aromatic rings. The number of pyridine rings is 1. The topological polar surface area (TPSA) is 62.2 Å². The SMILES string of the molecule is CCCCCNc1ccnc(C(=O)O)c1. The number of carboxylic acid groups (broad SMARTS) is 1. The first-order valence-corrected chi connectivity index (χ1v) is 5.17. The highest BCUT2D eigenvalue weighted by molar-refractivity contribution is 5.86. The number of hydrogen-bond donors (Lipinski definition) is 2. The molecule has 2 N–H and O–H groups in total. The number of carbonyl (C=O) groups is 1. The van der Waals surface area contributed by atoms with E-state index in [2.05, 4.69) is 17.2 Å². The van der Waals surface area contributed by atoms with Crippen LogP contribution in [0.4, 0.5) is 5.69 Å². The van der Waals surface area contributed by atoms with Crippen LogP contribution in [0.15, 0.2) is 18.3 Å². The molecule has 4 nitrogen and oxygen atoms in total. The second-order valence-corrected chi connectivity index (χ2v) is 3.37. The normalized spacial score (nSPS) is 9.93. The first kappa shape index (κ1) is 11.5. The van der Waals surface area contributed by atoms with Crippen molar-refractivity contribution in [1.29, 1.82) is 0 Å². The molecule has 0 amide bonds. The van der Waals surface area contributed by atoms with Crippen molar-refractivity contribution >= 4 is 11.7 Å². The Bertz CT molecular complexity index is 326. The third-order valence-electron chi connectivity index (χ3n) is 2.09. The van der Waals surface area contributed by atoms with Crippen molar-refractivity contribution in [2.24, 2.45) is 0 Å². The summed E-state index contributed by atoms with van der Waals surface area (Å²) in [6.45, 7) is 3.02. The van der Waals surface area contributed by atoms with Gasteiger partial charge in [-0.1, -0.05) is 19.8 Å². The summed E-state index contributed by atoms with van der Waals surface area (Å²) in [5.41, 5.74) is 0.897. The molecule has 0 radical (unpaired) electrons. The van der Waals surface area contributed by atoms with Crippen molar-refractivity contribution in [3.8, 4) is 0 Å². The van der Waals surface area contributed by atoms with Gasteiger partial charge in [-0.3, -0.25) is 0 Å². The molecule has 0 aliphatic carbocycles. The molecule has 0 spiro atoms. The van der Waals surface area contributed by atoms with Crippen molar-refractivity contribution in [2.45, 2.75) is 26.2 Å². The molecule has 1 heterocycles. The van der Waals surface area contributed by atoms with Crippen LogP contribution in [0.5, 0.6) is 0 Å². The first-order chi connectivity index (χ1) is 7.24. The predicted molar refractivity (Wildman–Crippen MR) is 59.2 cm³/mol. The van der Waals surface area contributed by atoms with Crippen molar-refractivity contribution in [1.82, 2.24) is 4.98 Å². The quantitative estimate of drug-likeness (QED) is 0.704. The number of nitrogens with one attached hydrogen (secondary N) is 1. The summed E-state index contributed by atoms with van der Waals surface area (Å²) in [5.74, 6) is -0.993. The lowest BCUT2D eigenvalue weighted by Gasteiger charge is -2.05. The Kier molecular flexibility index (Phi) is 4.60. The third kappa shape index (κ3) is 3.97. The van der Waals surface area contributed by atoms with Crippen LogP contribution in [0.1, 0.15) is 36.7 Å². The Hall–Kier alpha value is -1.58. The first-order valence-electron chi connectivity index (χ1n) is 5.17. The average molecular weight is 208 g/mol. The largest absolute Gasteiger partial charge is 0.477 e. The lowest BCUT2D eigenvalue weighted by Crippen LogP contribution is -2.04. The van der Waals surface area contributed by atoms with Crippen LogP contribution >= 0.6 is 0 Å². The molecule has 0 bridgehead atoms. The van der Waals surface area contributed by atoms with Gasteiger partial charge in [-0.25, -0.2) is 9.78 Å².